The third-order valence-corrected chi connectivity index (χ3v) is 4.70. The number of benzene rings is 1. The molecular formula is C20H25N5O3. The summed E-state index contributed by atoms with van der Waals surface area (Å²) < 4.78 is 0. The van der Waals surface area contributed by atoms with Crippen molar-refractivity contribution in [2.45, 2.75) is 50.7 Å². The standard InChI is InChI=1S/C20H25N5O3/c1-13(9-14-5-3-2-4-6-14)23-20(28)17(10-15-11-21-12-22-15)25-19(27)16-7-8-18(26)24-16/h2-6,11-13,16-17H,7-10H2,1H3,(H,21,22)(H,23,28)(H,24,26)(H,25,27)/t13?,16-,17-/m0/s1. The van der Waals surface area contributed by atoms with Gasteiger partial charge in [0.2, 0.25) is 17.7 Å². The first-order valence-electron chi connectivity index (χ1n) is 9.42. The molecule has 3 amide bonds. The van der Waals surface area contributed by atoms with Gasteiger partial charge < -0.3 is 20.9 Å². The number of amides is 3. The molecule has 2 aromatic rings. The smallest absolute Gasteiger partial charge is 0.243 e. The minimum Gasteiger partial charge on any atom is -0.352 e. The highest BCUT2D eigenvalue weighted by atomic mass is 16.2. The van der Waals surface area contributed by atoms with Crippen LogP contribution in [-0.4, -0.2) is 45.8 Å². The summed E-state index contributed by atoms with van der Waals surface area (Å²) in [7, 11) is 0. The van der Waals surface area contributed by atoms with Crippen LogP contribution < -0.4 is 16.0 Å². The molecule has 4 N–H and O–H groups in total. The van der Waals surface area contributed by atoms with E-state index in [1.54, 1.807) is 6.20 Å². The monoisotopic (exact) mass is 383 g/mol. The molecule has 0 spiro atoms. The van der Waals surface area contributed by atoms with Gasteiger partial charge in [-0.2, -0.15) is 0 Å². The number of aromatic nitrogens is 2. The number of nitrogens with zero attached hydrogens (tertiary/aromatic N) is 1. The van der Waals surface area contributed by atoms with Crippen LogP contribution in [-0.2, 0) is 27.2 Å². The van der Waals surface area contributed by atoms with Crippen molar-refractivity contribution in [1.82, 2.24) is 25.9 Å². The Kier molecular flexibility index (Phi) is 6.41. The molecular weight excluding hydrogens is 358 g/mol. The van der Waals surface area contributed by atoms with Crippen LogP contribution in [0.15, 0.2) is 42.9 Å². The zero-order chi connectivity index (χ0) is 19.9. The van der Waals surface area contributed by atoms with E-state index in [0.717, 1.165) is 11.3 Å². The number of imidazole rings is 1. The number of aromatic amines is 1. The van der Waals surface area contributed by atoms with E-state index in [1.807, 2.05) is 37.3 Å². The van der Waals surface area contributed by atoms with Gasteiger partial charge in [-0.15, -0.1) is 0 Å². The van der Waals surface area contributed by atoms with Crippen LogP contribution in [0.2, 0.25) is 0 Å². The normalized spacial score (nSPS) is 18.2. The second-order valence-corrected chi connectivity index (χ2v) is 7.10. The fourth-order valence-electron chi connectivity index (χ4n) is 3.27. The molecule has 1 fully saturated rings. The molecule has 148 valence electrons. The van der Waals surface area contributed by atoms with Crippen LogP contribution >= 0.6 is 0 Å². The summed E-state index contributed by atoms with van der Waals surface area (Å²) in [6, 6.07) is 8.44. The molecule has 1 aromatic carbocycles. The summed E-state index contributed by atoms with van der Waals surface area (Å²) in [5.74, 6) is -0.761. The highest BCUT2D eigenvalue weighted by Crippen LogP contribution is 2.08. The summed E-state index contributed by atoms with van der Waals surface area (Å²) in [5, 5.41) is 8.37. The molecule has 1 aromatic heterocycles. The van der Waals surface area contributed by atoms with Crippen LogP contribution in [0.4, 0.5) is 0 Å². The maximum Gasteiger partial charge on any atom is 0.243 e. The number of carbonyl (C=O) groups excluding carboxylic acids is 3. The Balaban J connectivity index is 1.62. The molecule has 1 aliphatic heterocycles. The van der Waals surface area contributed by atoms with Gasteiger partial charge in [0, 0.05) is 30.8 Å². The van der Waals surface area contributed by atoms with Crippen molar-refractivity contribution in [3.05, 3.63) is 54.1 Å². The van der Waals surface area contributed by atoms with Crippen molar-refractivity contribution in [1.29, 1.82) is 0 Å². The van der Waals surface area contributed by atoms with Gasteiger partial charge in [-0.25, -0.2) is 4.98 Å². The van der Waals surface area contributed by atoms with Crippen molar-refractivity contribution in [2.24, 2.45) is 0 Å². The van der Waals surface area contributed by atoms with Gasteiger partial charge in [-0.3, -0.25) is 14.4 Å². The Morgan fingerprint density at radius 1 is 1.21 bits per heavy atom. The minimum atomic E-state index is -0.760. The Morgan fingerprint density at radius 2 is 2.00 bits per heavy atom. The van der Waals surface area contributed by atoms with Crippen LogP contribution in [0, 0.1) is 0 Å². The molecule has 2 heterocycles. The number of hydrogen-bond donors (Lipinski definition) is 4. The van der Waals surface area contributed by atoms with E-state index < -0.39 is 12.1 Å². The summed E-state index contributed by atoms with van der Waals surface area (Å²) in [6.07, 6.45) is 4.89. The summed E-state index contributed by atoms with van der Waals surface area (Å²) in [4.78, 5) is 43.6. The van der Waals surface area contributed by atoms with E-state index in [9.17, 15) is 14.4 Å². The molecule has 1 unspecified atom stereocenters. The average Bonchev–Trinajstić information content (AvgIpc) is 3.33. The molecule has 0 radical (unpaired) electrons. The molecule has 8 nitrogen and oxygen atoms in total. The Morgan fingerprint density at radius 3 is 2.64 bits per heavy atom. The number of carbonyl (C=O) groups is 3. The Bertz CT molecular complexity index is 807. The average molecular weight is 383 g/mol. The van der Waals surface area contributed by atoms with E-state index >= 15 is 0 Å². The van der Waals surface area contributed by atoms with Gasteiger partial charge >= 0.3 is 0 Å². The summed E-state index contributed by atoms with van der Waals surface area (Å²) in [5.41, 5.74) is 1.87. The lowest BCUT2D eigenvalue weighted by Crippen LogP contribution is -2.54. The summed E-state index contributed by atoms with van der Waals surface area (Å²) >= 11 is 0. The molecule has 3 rings (SSSR count). The minimum absolute atomic E-state index is 0.0951. The third-order valence-electron chi connectivity index (χ3n) is 4.70. The topological polar surface area (TPSA) is 116 Å². The number of H-pyrrole nitrogens is 1. The van der Waals surface area contributed by atoms with Crippen molar-refractivity contribution in [3.8, 4) is 0 Å². The zero-order valence-electron chi connectivity index (χ0n) is 15.8. The summed E-state index contributed by atoms with van der Waals surface area (Å²) in [6.45, 7) is 1.93. The van der Waals surface area contributed by atoms with E-state index in [-0.39, 0.29) is 30.2 Å². The maximum absolute atomic E-state index is 12.8. The van der Waals surface area contributed by atoms with E-state index in [0.29, 0.717) is 19.3 Å². The van der Waals surface area contributed by atoms with E-state index in [2.05, 4.69) is 25.9 Å². The Labute approximate surface area is 163 Å². The lowest BCUT2D eigenvalue weighted by molar-refractivity contribution is -0.130. The number of hydrogen-bond acceptors (Lipinski definition) is 4. The zero-order valence-corrected chi connectivity index (χ0v) is 15.8. The Hall–Kier alpha value is -3.16. The molecule has 0 bridgehead atoms. The first-order valence-corrected chi connectivity index (χ1v) is 9.42. The van der Waals surface area contributed by atoms with Crippen molar-refractivity contribution in [3.63, 3.8) is 0 Å². The highest BCUT2D eigenvalue weighted by Gasteiger charge is 2.31. The van der Waals surface area contributed by atoms with Gasteiger partial charge in [-0.05, 0) is 25.3 Å². The molecule has 8 heteroatoms. The van der Waals surface area contributed by atoms with Crippen molar-refractivity contribution in [2.75, 3.05) is 0 Å². The predicted octanol–water partition coefficient (Wildman–Crippen LogP) is 0.463. The second kappa shape index (κ2) is 9.16. The van der Waals surface area contributed by atoms with Gasteiger partial charge in [0.05, 0.1) is 6.33 Å². The van der Waals surface area contributed by atoms with Crippen LogP contribution in [0.5, 0.6) is 0 Å². The fraction of sp³-hybridized carbons (Fsp3) is 0.400. The van der Waals surface area contributed by atoms with Gasteiger partial charge in [-0.1, -0.05) is 30.3 Å². The second-order valence-electron chi connectivity index (χ2n) is 7.10. The van der Waals surface area contributed by atoms with Gasteiger partial charge in [0.1, 0.15) is 12.1 Å². The molecule has 1 saturated heterocycles. The highest BCUT2D eigenvalue weighted by molar-refractivity contribution is 5.94. The molecule has 0 saturated carbocycles. The maximum atomic E-state index is 12.8. The van der Waals surface area contributed by atoms with Crippen LogP contribution in [0.25, 0.3) is 0 Å². The van der Waals surface area contributed by atoms with Gasteiger partial charge in [0.15, 0.2) is 0 Å². The molecule has 1 aliphatic rings. The first kappa shape index (κ1) is 19.6. The quantitative estimate of drug-likeness (QED) is 0.530. The lowest BCUT2D eigenvalue weighted by atomic mass is 10.1. The largest absolute Gasteiger partial charge is 0.352 e. The lowest BCUT2D eigenvalue weighted by Gasteiger charge is -2.22. The van der Waals surface area contributed by atoms with E-state index in [1.165, 1.54) is 6.33 Å². The van der Waals surface area contributed by atoms with Crippen LogP contribution in [0.3, 0.4) is 0 Å². The fourth-order valence-corrected chi connectivity index (χ4v) is 3.27. The third kappa shape index (κ3) is 5.42. The molecule has 28 heavy (non-hydrogen) atoms. The van der Waals surface area contributed by atoms with Crippen molar-refractivity contribution < 1.29 is 14.4 Å². The molecule has 3 atom stereocenters. The number of rotatable bonds is 8. The van der Waals surface area contributed by atoms with Crippen molar-refractivity contribution >= 4 is 17.7 Å². The van der Waals surface area contributed by atoms with E-state index in [4.69, 9.17) is 0 Å². The first-order chi connectivity index (χ1) is 13.5. The number of nitrogens with one attached hydrogen (secondary N) is 4. The SMILES string of the molecule is CC(Cc1ccccc1)NC(=O)[C@H](Cc1cnc[nH]1)NC(=O)[C@@H]1CCC(=O)N1. The van der Waals surface area contributed by atoms with Gasteiger partial charge in [0.25, 0.3) is 0 Å². The van der Waals surface area contributed by atoms with Crippen LogP contribution in [0.1, 0.15) is 31.0 Å². The predicted molar refractivity (Wildman–Crippen MR) is 103 cm³/mol. The molecule has 0 aliphatic carbocycles.